The predicted octanol–water partition coefficient (Wildman–Crippen LogP) is 15.6. The molecule has 0 aromatic heterocycles. The van der Waals surface area contributed by atoms with Gasteiger partial charge in [-0.05, 0) is 44.9 Å². The van der Waals surface area contributed by atoms with Gasteiger partial charge in [0.2, 0.25) is 5.91 Å². The van der Waals surface area contributed by atoms with Crippen molar-refractivity contribution >= 4 is 5.91 Å². The molecule has 8 N–H and O–H groups in total. The van der Waals surface area contributed by atoms with Gasteiger partial charge in [-0.2, -0.15) is 0 Å². The van der Waals surface area contributed by atoms with E-state index >= 15 is 0 Å². The van der Waals surface area contributed by atoms with Crippen molar-refractivity contribution in [1.29, 1.82) is 0 Å². The molecule has 9 atom stereocenters. The Morgan fingerprint density at radius 1 is 0.449 bits per heavy atom. The SMILES string of the molecule is CCCCCCCCCCC/C=C\C/C=C\CCCCCCCCCCCCCCCCCCC(O)C(=O)NC(COC1OC(CO)C(O)C(O)C1O)C(O)C(O)CCCCCCCCCCCCCCCCCCCCC. The molecule has 11 nitrogen and oxygen atoms in total. The normalized spacial score (nSPS) is 19.5. The molecule has 1 fully saturated rings. The average molecular weight is 1110 g/mol. The standard InChI is InChI=1S/C67H129NO10/c1-3-5-7-9-11-13-15-17-19-21-23-24-25-26-27-28-29-30-31-32-33-34-35-37-39-41-43-45-47-49-51-53-55-60(71)66(76)68-58(57-77-67-65(75)64(74)63(73)61(56-69)78-67)62(72)59(70)54-52-50-48-46-44-42-40-38-36-22-20-18-16-14-12-10-8-6-4-2/h23-24,26-27,58-65,67,69-75H,3-22,25,28-57H2,1-2H3,(H,68,76)/b24-23-,27-26-. The Morgan fingerprint density at radius 2 is 0.782 bits per heavy atom. The fourth-order valence-corrected chi connectivity index (χ4v) is 11.1. The molecule has 0 spiro atoms. The summed E-state index contributed by atoms with van der Waals surface area (Å²) in [6, 6.07) is -1.17. The third kappa shape index (κ3) is 43.3. The topological polar surface area (TPSA) is 189 Å². The lowest BCUT2D eigenvalue weighted by Gasteiger charge is -2.40. The van der Waals surface area contributed by atoms with Gasteiger partial charge in [0.1, 0.15) is 36.6 Å². The van der Waals surface area contributed by atoms with Gasteiger partial charge in [-0.25, -0.2) is 0 Å². The smallest absolute Gasteiger partial charge is 0.249 e. The van der Waals surface area contributed by atoms with Crippen LogP contribution in [0, 0.1) is 0 Å². The van der Waals surface area contributed by atoms with Gasteiger partial charge in [0, 0.05) is 0 Å². The van der Waals surface area contributed by atoms with Crippen LogP contribution < -0.4 is 5.32 Å². The maximum Gasteiger partial charge on any atom is 0.249 e. The number of nitrogens with one attached hydrogen (secondary N) is 1. The highest BCUT2D eigenvalue weighted by Crippen LogP contribution is 2.24. The highest BCUT2D eigenvalue weighted by Gasteiger charge is 2.44. The van der Waals surface area contributed by atoms with E-state index in [1.165, 1.54) is 244 Å². The molecule has 1 amide bonds. The van der Waals surface area contributed by atoms with Gasteiger partial charge in [-0.1, -0.05) is 308 Å². The van der Waals surface area contributed by atoms with E-state index in [1.807, 2.05) is 0 Å². The summed E-state index contributed by atoms with van der Waals surface area (Å²) in [6.45, 7) is 3.50. The van der Waals surface area contributed by atoms with E-state index in [1.54, 1.807) is 0 Å². The first-order valence-electron chi connectivity index (χ1n) is 33.7. The maximum atomic E-state index is 13.2. The summed E-state index contributed by atoms with van der Waals surface area (Å²) in [5, 5.41) is 76.4. The number of hydrogen-bond donors (Lipinski definition) is 8. The third-order valence-corrected chi connectivity index (χ3v) is 16.5. The molecule has 78 heavy (non-hydrogen) atoms. The third-order valence-electron chi connectivity index (χ3n) is 16.5. The van der Waals surface area contributed by atoms with Crippen LogP contribution in [0.1, 0.15) is 328 Å². The van der Waals surface area contributed by atoms with E-state index in [2.05, 4.69) is 43.5 Å². The molecule has 1 heterocycles. The maximum absolute atomic E-state index is 13.2. The van der Waals surface area contributed by atoms with E-state index in [4.69, 9.17) is 9.47 Å². The number of ether oxygens (including phenoxy) is 2. The fourth-order valence-electron chi connectivity index (χ4n) is 11.1. The van der Waals surface area contributed by atoms with Gasteiger partial charge >= 0.3 is 0 Å². The van der Waals surface area contributed by atoms with Crippen molar-refractivity contribution < 1.29 is 50.0 Å². The summed E-state index contributed by atoms with van der Waals surface area (Å²) in [6.07, 6.45) is 58.2. The van der Waals surface area contributed by atoms with E-state index < -0.39 is 74.2 Å². The molecular formula is C67H129NO10. The minimum absolute atomic E-state index is 0.263. The monoisotopic (exact) mass is 1110 g/mol. The van der Waals surface area contributed by atoms with Crippen LogP contribution in [0.25, 0.3) is 0 Å². The molecule has 11 heteroatoms. The van der Waals surface area contributed by atoms with Crippen LogP contribution in [0.2, 0.25) is 0 Å². The Labute approximate surface area is 480 Å². The number of hydrogen-bond acceptors (Lipinski definition) is 10. The fraction of sp³-hybridized carbons (Fsp3) is 0.925. The van der Waals surface area contributed by atoms with Crippen molar-refractivity contribution in [3.63, 3.8) is 0 Å². The van der Waals surface area contributed by atoms with Crippen molar-refractivity contribution in [1.82, 2.24) is 5.32 Å². The van der Waals surface area contributed by atoms with Crippen LogP contribution in [-0.4, -0.2) is 110 Å². The molecular weight excluding hydrogens is 979 g/mol. The zero-order valence-electron chi connectivity index (χ0n) is 50.9. The first-order valence-corrected chi connectivity index (χ1v) is 33.7. The molecule has 1 aliphatic heterocycles. The highest BCUT2D eigenvalue weighted by atomic mass is 16.7. The summed E-state index contributed by atoms with van der Waals surface area (Å²) in [4.78, 5) is 13.2. The van der Waals surface area contributed by atoms with Gasteiger partial charge < -0.3 is 50.5 Å². The number of carbonyl (C=O) groups excluding carboxylic acids is 1. The van der Waals surface area contributed by atoms with E-state index in [9.17, 15) is 40.5 Å². The molecule has 0 radical (unpaired) electrons. The van der Waals surface area contributed by atoms with E-state index in [0.29, 0.717) is 19.3 Å². The number of aliphatic hydroxyl groups is 7. The lowest BCUT2D eigenvalue weighted by Crippen LogP contribution is -2.60. The molecule has 1 rings (SSSR count). The number of amides is 1. The van der Waals surface area contributed by atoms with Crippen molar-refractivity contribution in [2.24, 2.45) is 0 Å². The number of aliphatic hydroxyl groups excluding tert-OH is 7. The minimum atomic E-state index is -1.66. The van der Waals surface area contributed by atoms with Gasteiger partial charge in [0.15, 0.2) is 6.29 Å². The Balaban J connectivity index is 2.19. The van der Waals surface area contributed by atoms with Crippen molar-refractivity contribution in [3.8, 4) is 0 Å². The minimum Gasteiger partial charge on any atom is -0.394 e. The molecule has 1 aliphatic rings. The Kier molecular flexibility index (Phi) is 53.6. The van der Waals surface area contributed by atoms with Crippen LogP contribution in [-0.2, 0) is 14.3 Å². The van der Waals surface area contributed by atoms with Crippen LogP contribution in [0.4, 0.5) is 0 Å². The molecule has 0 aromatic carbocycles. The Hall–Kier alpha value is -1.41. The first-order chi connectivity index (χ1) is 38.2. The molecule has 462 valence electrons. The van der Waals surface area contributed by atoms with Crippen LogP contribution in [0.3, 0.4) is 0 Å². The molecule has 0 aromatic rings. The molecule has 9 unspecified atom stereocenters. The van der Waals surface area contributed by atoms with Crippen molar-refractivity contribution in [2.75, 3.05) is 13.2 Å². The van der Waals surface area contributed by atoms with Gasteiger partial charge in [-0.15, -0.1) is 0 Å². The summed E-state index contributed by atoms with van der Waals surface area (Å²) in [7, 11) is 0. The van der Waals surface area contributed by atoms with Crippen LogP contribution in [0.5, 0.6) is 0 Å². The average Bonchev–Trinajstić information content (AvgIpc) is 3.45. The second-order valence-electron chi connectivity index (χ2n) is 23.9. The molecule has 0 aliphatic carbocycles. The van der Waals surface area contributed by atoms with Gasteiger partial charge in [0.25, 0.3) is 0 Å². The van der Waals surface area contributed by atoms with E-state index in [-0.39, 0.29) is 6.42 Å². The summed E-state index contributed by atoms with van der Waals surface area (Å²) < 4.78 is 11.2. The summed E-state index contributed by atoms with van der Waals surface area (Å²) in [5.74, 6) is -0.691. The lowest BCUT2D eigenvalue weighted by molar-refractivity contribution is -0.303. The van der Waals surface area contributed by atoms with Gasteiger partial charge in [0.05, 0.1) is 25.4 Å². The van der Waals surface area contributed by atoms with E-state index in [0.717, 1.165) is 44.9 Å². The number of rotatable bonds is 59. The lowest BCUT2D eigenvalue weighted by atomic mass is 9.98. The highest BCUT2D eigenvalue weighted by molar-refractivity contribution is 5.80. The summed E-state index contributed by atoms with van der Waals surface area (Å²) in [5.41, 5.74) is 0. The number of unbranched alkanes of at least 4 members (excludes halogenated alkanes) is 43. The first kappa shape index (κ1) is 74.6. The van der Waals surface area contributed by atoms with Crippen LogP contribution >= 0.6 is 0 Å². The van der Waals surface area contributed by atoms with Crippen LogP contribution in [0.15, 0.2) is 24.3 Å². The number of allylic oxidation sites excluding steroid dienone is 4. The Morgan fingerprint density at radius 3 is 1.14 bits per heavy atom. The molecule has 1 saturated heterocycles. The van der Waals surface area contributed by atoms with Crippen molar-refractivity contribution in [2.45, 2.75) is 384 Å². The number of carbonyl (C=O) groups is 1. The quantitative estimate of drug-likeness (QED) is 0.0215. The molecule has 0 bridgehead atoms. The van der Waals surface area contributed by atoms with Gasteiger partial charge in [-0.3, -0.25) is 4.79 Å². The second kappa shape index (κ2) is 56.1. The second-order valence-corrected chi connectivity index (χ2v) is 23.9. The zero-order chi connectivity index (χ0) is 56.8. The predicted molar refractivity (Wildman–Crippen MR) is 326 cm³/mol. The molecule has 0 saturated carbocycles. The largest absolute Gasteiger partial charge is 0.394 e. The summed E-state index contributed by atoms with van der Waals surface area (Å²) >= 11 is 0. The zero-order valence-corrected chi connectivity index (χ0v) is 50.9. The Bertz CT molecular complexity index is 1320. The van der Waals surface area contributed by atoms with Crippen molar-refractivity contribution in [3.05, 3.63) is 24.3 Å².